The van der Waals surface area contributed by atoms with Gasteiger partial charge in [0, 0.05) is 19.0 Å². The molecule has 16 heavy (non-hydrogen) atoms. The summed E-state index contributed by atoms with van der Waals surface area (Å²) in [4.78, 5) is 0. The van der Waals surface area contributed by atoms with Gasteiger partial charge in [0.05, 0.1) is 24.8 Å². The van der Waals surface area contributed by atoms with Crippen LogP contribution in [0.25, 0.3) is 0 Å². The van der Waals surface area contributed by atoms with Crippen molar-refractivity contribution >= 4 is 11.6 Å². The van der Waals surface area contributed by atoms with Gasteiger partial charge in [-0.2, -0.15) is 0 Å². The minimum atomic E-state index is 0.261. The van der Waals surface area contributed by atoms with Gasteiger partial charge in [-0.25, -0.2) is 0 Å². The highest BCUT2D eigenvalue weighted by Gasteiger charge is 2.36. The predicted molar refractivity (Wildman–Crippen MR) is 62.2 cm³/mol. The summed E-state index contributed by atoms with van der Waals surface area (Å²) >= 11 is 6.39. The molecule has 2 atom stereocenters. The van der Waals surface area contributed by atoms with Gasteiger partial charge in [-0.15, -0.1) is 0 Å². The van der Waals surface area contributed by atoms with E-state index in [0.717, 1.165) is 23.9 Å². The molecule has 0 amide bonds. The Kier molecular flexibility index (Phi) is 2.54. The summed E-state index contributed by atoms with van der Waals surface area (Å²) in [6, 6.07) is 3.96. The quantitative estimate of drug-likeness (QED) is 0.813. The fraction of sp³-hybridized carbons (Fsp3) is 0.500. The van der Waals surface area contributed by atoms with E-state index >= 15 is 0 Å². The van der Waals surface area contributed by atoms with E-state index in [9.17, 15) is 0 Å². The number of ether oxygens (including phenoxy) is 2. The molecule has 1 saturated heterocycles. The van der Waals surface area contributed by atoms with E-state index in [2.05, 4.69) is 11.4 Å². The maximum absolute atomic E-state index is 6.39. The Balaban J connectivity index is 2.11. The fourth-order valence-corrected chi connectivity index (χ4v) is 3.01. The van der Waals surface area contributed by atoms with Crippen molar-refractivity contribution in [2.24, 2.45) is 0 Å². The number of methoxy groups -OCH3 is 1. The highest BCUT2D eigenvalue weighted by atomic mass is 35.5. The monoisotopic (exact) mass is 239 g/mol. The van der Waals surface area contributed by atoms with Crippen molar-refractivity contribution in [3.63, 3.8) is 0 Å². The summed E-state index contributed by atoms with van der Waals surface area (Å²) in [5.74, 6) is 1.12. The van der Waals surface area contributed by atoms with Gasteiger partial charge in [0.2, 0.25) is 0 Å². The molecule has 0 aliphatic carbocycles. The lowest BCUT2D eigenvalue weighted by molar-refractivity contribution is 0.0299. The predicted octanol–water partition coefficient (Wildman–Crippen LogP) is 1.93. The molecule has 3 rings (SSSR count). The van der Waals surface area contributed by atoms with Crippen LogP contribution in [0.4, 0.5) is 0 Å². The van der Waals surface area contributed by atoms with Gasteiger partial charge < -0.3 is 14.8 Å². The molecule has 1 N–H and O–H groups in total. The molecule has 2 aliphatic heterocycles. The molecule has 0 aromatic heterocycles. The minimum absolute atomic E-state index is 0.261. The number of hydrogen-bond acceptors (Lipinski definition) is 3. The summed E-state index contributed by atoms with van der Waals surface area (Å²) in [6.07, 6.45) is 0.261. The first kappa shape index (κ1) is 10.4. The van der Waals surface area contributed by atoms with E-state index < -0.39 is 0 Å². The first-order chi connectivity index (χ1) is 7.81. The van der Waals surface area contributed by atoms with Crippen LogP contribution in [0.1, 0.15) is 17.0 Å². The van der Waals surface area contributed by atoms with Crippen molar-refractivity contribution in [1.29, 1.82) is 0 Å². The summed E-state index contributed by atoms with van der Waals surface area (Å²) in [5.41, 5.74) is 2.40. The van der Waals surface area contributed by atoms with E-state index in [1.54, 1.807) is 7.11 Å². The number of benzene rings is 1. The van der Waals surface area contributed by atoms with Gasteiger partial charge in [-0.3, -0.25) is 0 Å². The lowest BCUT2D eigenvalue weighted by Gasteiger charge is -2.29. The molecule has 86 valence electrons. The molecular weight excluding hydrogens is 226 g/mol. The number of rotatable bonds is 1. The molecule has 2 heterocycles. The van der Waals surface area contributed by atoms with Crippen molar-refractivity contribution in [3.05, 3.63) is 28.3 Å². The first-order valence-corrected chi connectivity index (χ1v) is 5.86. The van der Waals surface area contributed by atoms with Crippen LogP contribution in [0.3, 0.4) is 0 Å². The standard InChI is InChI=1S/C12H14ClNO2/c1-15-9-3-2-7-6-16-10-5-14-4-8(10)11(7)12(9)13/h2-3,8,10,14H,4-6H2,1H3. The van der Waals surface area contributed by atoms with Crippen molar-refractivity contribution in [2.75, 3.05) is 20.2 Å². The maximum Gasteiger partial charge on any atom is 0.137 e. The first-order valence-electron chi connectivity index (χ1n) is 5.49. The van der Waals surface area contributed by atoms with Gasteiger partial charge >= 0.3 is 0 Å². The minimum Gasteiger partial charge on any atom is -0.495 e. The normalized spacial score (nSPS) is 27.4. The summed E-state index contributed by atoms with van der Waals surface area (Å²) in [5, 5.41) is 4.10. The Morgan fingerprint density at radius 1 is 1.44 bits per heavy atom. The van der Waals surface area contributed by atoms with Crippen LogP contribution in [-0.2, 0) is 11.3 Å². The molecule has 0 bridgehead atoms. The average molecular weight is 240 g/mol. The molecule has 0 spiro atoms. The third-order valence-electron chi connectivity index (χ3n) is 3.44. The van der Waals surface area contributed by atoms with E-state index in [4.69, 9.17) is 21.1 Å². The molecular formula is C12H14ClNO2. The molecule has 0 saturated carbocycles. The van der Waals surface area contributed by atoms with E-state index in [0.29, 0.717) is 12.5 Å². The highest BCUT2D eigenvalue weighted by molar-refractivity contribution is 6.33. The zero-order valence-electron chi connectivity index (χ0n) is 9.13. The maximum atomic E-state index is 6.39. The highest BCUT2D eigenvalue weighted by Crippen LogP contribution is 2.41. The lowest BCUT2D eigenvalue weighted by Crippen LogP contribution is -2.27. The summed E-state index contributed by atoms with van der Waals surface area (Å²) in [7, 11) is 1.65. The van der Waals surface area contributed by atoms with Crippen molar-refractivity contribution in [1.82, 2.24) is 5.32 Å². The van der Waals surface area contributed by atoms with Crippen molar-refractivity contribution < 1.29 is 9.47 Å². The number of nitrogens with one attached hydrogen (secondary N) is 1. The number of fused-ring (bicyclic) bond motifs is 3. The van der Waals surface area contributed by atoms with Crippen molar-refractivity contribution in [2.45, 2.75) is 18.6 Å². The van der Waals surface area contributed by atoms with Crippen LogP contribution in [-0.4, -0.2) is 26.3 Å². The van der Waals surface area contributed by atoms with Crippen molar-refractivity contribution in [3.8, 4) is 5.75 Å². The third kappa shape index (κ3) is 1.43. The molecule has 0 radical (unpaired) electrons. The lowest BCUT2D eigenvalue weighted by atomic mass is 9.89. The molecule has 2 aliphatic rings. The molecule has 1 aromatic carbocycles. The van der Waals surface area contributed by atoms with Crippen LogP contribution in [0, 0.1) is 0 Å². The molecule has 4 heteroatoms. The molecule has 2 unspecified atom stereocenters. The second kappa shape index (κ2) is 3.91. The van der Waals surface area contributed by atoms with E-state index in [1.165, 1.54) is 11.1 Å². The number of hydrogen-bond donors (Lipinski definition) is 1. The second-order valence-corrected chi connectivity index (χ2v) is 4.65. The van der Waals surface area contributed by atoms with Gasteiger partial charge in [0.15, 0.2) is 0 Å². The largest absolute Gasteiger partial charge is 0.495 e. The zero-order chi connectivity index (χ0) is 11.1. The zero-order valence-corrected chi connectivity index (χ0v) is 9.88. The third-order valence-corrected chi connectivity index (χ3v) is 3.83. The van der Waals surface area contributed by atoms with Gasteiger partial charge in [-0.1, -0.05) is 17.7 Å². The van der Waals surface area contributed by atoms with Gasteiger partial charge in [0.1, 0.15) is 5.75 Å². The van der Waals surface area contributed by atoms with E-state index in [-0.39, 0.29) is 6.10 Å². The average Bonchev–Trinajstić information content (AvgIpc) is 2.77. The van der Waals surface area contributed by atoms with Crippen LogP contribution in [0.5, 0.6) is 5.75 Å². The van der Waals surface area contributed by atoms with Gasteiger partial charge in [-0.05, 0) is 17.2 Å². The van der Waals surface area contributed by atoms with E-state index in [1.807, 2.05) is 6.07 Å². The van der Waals surface area contributed by atoms with Gasteiger partial charge in [0.25, 0.3) is 0 Å². The Bertz CT molecular complexity index is 422. The smallest absolute Gasteiger partial charge is 0.137 e. The molecule has 1 fully saturated rings. The van der Waals surface area contributed by atoms with Crippen LogP contribution >= 0.6 is 11.6 Å². The van der Waals surface area contributed by atoms with Crippen LogP contribution in [0.15, 0.2) is 12.1 Å². The fourth-order valence-electron chi connectivity index (χ4n) is 2.61. The van der Waals surface area contributed by atoms with Crippen LogP contribution in [0.2, 0.25) is 5.02 Å². The topological polar surface area (TPSA) is 30.5 Å². The molecule has 1 aromatic rings. The Morgan fingerprint density at radius 2 is 2.31 bits per heavy atom. The number of halogens is 1. The second-order valence-electron chi connectivity index (χ2n) is 4.27. The Morgan fingerprint density at radius 3 is 3.12 bits per heavy atom. The summed E-state index contributed by atoms with van der Waals surface area (Å²) < 4.78 is 11.1. The Labute approximate surface area is 99.7 Å². The SMILES string of the molecule is COc1ccc2c(c1Cl)C1CNCC1OC2. The Hall–Kier alpha value is -0.770. The van der Waals surface area contributed by atoms with Crippen LogP contribution < -0.4 is 10.1 Å². The summed E-state index contributed by atoms with van der Waals surface area (Å²) in [6.45, 7) is 2.50. The molecule has 3 nitrogen and oxygen atoms in total.